The molecule has 2 aliphatic heterocycles. The Hall–Kier alpha value is -1.79. The summed E-state index contributed by atoms with van der Waals surface area (Å²) in [4.78, 5) is 24.4. The van der Waals surface area contributed by atoms with Crippen LogP contribution in [0.4, 0.5) is 0 Å². The van der Waals surface area contributed by atoms with Crippen LogP contribution in [-0.2, 0) is 29.9 Å². The molecule has 1 unspecified atom stereocenters. The van der Waals surface area contributed by atoms with Crippen molar-refractivity contribution in [2.75, 3.05) is 5.75 Å². The zero-order chi connectivity index (χ0) is 17.8. The van der Waals surface area contributed by atoms with E-state index in [2.05, 4.69) is 0 Å². The molecule has 1 aliphatic carbocycles. The third-order valence-corrected chi connectivity index (χ3v) is 6.94. The van der Waals surface area contributed by atoms with Gasteiger partial charge in [0.2, 0.25) is 0 Å². The number of carbonyl (C=O) groups is 2. The summed E-state index contributed by atoms with van der Waals surface area (Å²) in [5, 5.41) is 0. The zero-order valence-corrected chi connectivity index (χ0v) is 15.0. The highest BCUT2D eigenvalue weighted by Gasteiger charge is 2.62. The number of hydrogen-bond donors (Lipinski definition) is 0. The summed E-state index contributed by atoms with van der Waals surface area (Å²) in [5.74, 6) is -0.286. The number of aryl methyl sites for hydroxylation is 1. The van der Waals surface area contributed by atoms with E-state index in [9.17, 15) is 13.8 Å². The smallest absolute Gasteiger partial charge is 0.308 e. The lowest BCUT2D eigenvalue weighted by Crippen LogP contribution is -2.48. The van der Waals surface area contributed by atoms with E-state index in [0.717, 1.165) is 16.0 Å². The average Bonchev–Trinajstić information content (AvgIpc) is 3.03. The van der Waals surface area contributed by atoms with Crippen LogP contribution in [0, 0.1) is 12.8 Å². The van der Waals surface area contributed by atoms with Crippen LogP contribution in [0.15, 0.2) is 40.8 Å². The predicted octanol–water partition coefficient (Wildman–Crippen LogP) is 2.09. The lowest BCUT2D eigenvalue weighted by molar-refractivity contribution is -0.145. The molecular weight excluding hydrogens is 340 g/mol. The SMILES string of the molecule is CC1=CC(=O)C[C@H]2[C@H]3OC(=O)C[C@H]3O[C@@]12CS(=O)c1ccc(C)cc1. The predicted molar refractivity (Wildman–Crippen MR) is 91.4 cm³/mol. The third kappa shape index (κ3) is 2.68. The average molecular weight is 360 g/mol. The Kier molecular flexibility index (Phi) is 3.92. The number of fused-ring (bicyclic) bond motifs is 3. The second-order valence-corrected chi connectivity index (χ2v) is 8.56. The highest BCUT2D eigenvalue weighted by molar-refractivity contribution is 7.85. The molecule has 3 aliphatic rings. The molecule has 2 fully saturated rings. The van der Waals surface area contributed by atoms with Gasteiger partial charge in [-0.2, -0.15) is 0 Å². The number of rotatable bonds is 3. The van der Waals surface area contributed by atoms with E-state index < -0.39 is 22.5 Å². The quantitative estimate of drug-likeness (QED) is 0.772. The normalized spacial score (nSPS) is 35.0. The van der Waals surface area contributed by atoms with Crippen molar-refractivity contribution in [3.8, 4) is 0 Å². The van der Waals surface area contributed by atoms with Crippen molar-refractivity contribution in [1.82, 2.24) is 0 Å². The maximum absolute atomic E-state index is 13.0. The summed E-state index contributed by atoms with van der Waals surface area (Å²) in [6.07, 6.45) is 1.27. The Morgan fingerprint density at radius 3 is 2.60 bits per heavy atom. The summed E-state index contributed by atoms with van der Waals surface area (Å²) >= 11 is 0. The van der Waals surface area contributed by atoms with Gasteiger partial charge in [0, 0.05) is 17.2 Å². The second kappa shape index (κ2) is 5.88. The molecular formula is C19H20O5S. The molecule has 25 heavy (non-hydrogen) atoms. The van der Waals surface area contributed by atoms with Crippen LogP contribution in [0.3, 0.4) is 0 Å². The van der Waals surface area contributed by atoms with Crippen molar-refractivity contribution in [3.63, 3.8) is 0 Å². The van der Waals surface area contributed by atoms with Gasteiger partial charge in [-0.15, -0.1) is 0 Å². The highest BCUT2D eigenvalue weighted by atomic mass is 32.2. The van der Waals surface area contributed by atoms with E-state index in [1.165, 1.54) is 0 Å². The van der Waals surface area contributed by atoms with Gasteiger partial charge in [0.25, 0.3) is 0 Å². The summed E-state index contributed by atoms with van der Waals surface area (Å²) in [7, 11) is -1.28. The van der Waals surface area contributed by atoms with Crippen LogP contribution in [-0.4, -0.2) is 39.5 Å². The number of allylic oxidation sites excluding steroid dienone is 1. The summed E-state index contributed by atoms with van der Waals surface area (Å²) in [6, 6.07) is 7.59. The Labute approximate surface area is 148 Å². The molecule has 0 N–H and O–H groups in total. The fourth-order valence-electron chi connectivity index (χ4n) is 4.16. The van der Waals surface area contributed by atoms with Crippen LogP contribution in [0.5, 0.6) is 0 Å². The van der Waals surface area contributed by atoms with Crippen LogP contribution >= 0.6 is 0 Å². The second-order valence-electron chi connectivity index (χ2n) is 7.11. The standard InChI is InChI=1S/C19H20O5S/c1-11-3-5-14(6-4-11)25(22)10-19-12(2)7-13(20)8-15(19)18-16(24-19)9-17(21)23-18/h3-7,15-16,18H,8-10H2,1-2H3/t15-,16+,18+,19-,25?/m0/s1. The van der Waals surface area contributed by atoms with Crippen LogP contribution < -0.4 is 0 Å². The van der Waals surface area contributed by atoms with Crippen LogP contribution in [0.2, 0.25) is 0 Å². The molecule has 2 saturated heterocycles. The first-order chi connectivity index (χ1) is 11.9. The Balaban J connectivity index is 1.68. The molecule has 5 atom stereocenters. The van der Waals surface area contributed by atoms with E-state index in [0.29, 0.717) is 0 Å². The molecule has 132 valence electrons. The van der Waals surface area contributed by atoms with E-state index in [1.807, 2.05) is 38.1 Å². The van der Waals surface area contributed by atoms with Crippen molar-refractivity contribution >= 4 is 22.6 Å². The molecule has 1 aromatic rings. The first-order valence-corrected chi connectivity index (χ1v) is 9.75. The number of esters is 1. The molecule has 2 heterocycles. The number of ether oxygens (including phenoxy) is 2. The largest absolute Gasteiger partial charge is 0.459 e. The molecule has 0 aromatic heterocycles. The lowest BCUT2D eigenvalue weighted by atomic mass is 9.74. The van der Waals surface area contributed by atoms with Gasteiger partial charge in [-0.25, -0.2) is 0 Å². The van der Waals surface area contributed by atoms with Gasteiger partial charge in [0.15, 0.2) is 5.78 Å². The first kappa shape index (κ1) is 16.7. The van der Waals surface area contributed by atoms with Crippen molar-refractivity contribution in [1.29, 1.82) is 0 Å². The minimum atomic E-state index is -1.28. The van der Waals surface area contributed by atoms with Gasteiger partial charge in [-0.1, -0.05) is 17.7 Å². The number of benzene rings is 1. The molecule has 0 spiro atoms. The summed E-state index contributed by atoms with van der Waals surface area (Å²) in [5.41, 5.74) is 1.08. The molecule has 1 aromatic carbocycles. The zero-order valence-electron chi connectivity index (χ0n) is 14.2. The van der Waals surface area contributed by atoms with E-state index in [-0.39, 0.29) is 42.4 Å². The molecule has 0 amide bonds. The fourth-order valence-corrected chi connectivity index (χ4v) is 5.66. The topological polar surface area (TPSA) is 69.7 Å². The Morgan fingerprint density at radius 2 is 1.88 bits per heavy atom. The van der Waals surface area contributed by atoms with Crippen LogP contribution in [0.25, 0.3) is 0 Å². The Morgan fingerprint density at radius 1 is 1.16 bits per heavy atom. The van der Waals surface area contributed by atoms with Crippen molar-refractivity contribution in [2.24, 2.45) is 5.92 Å². The third-order valence-electron chi connectivity index (χ3n) is 5.45. The number of carbonyl (C=O) groups excluding carboxylic acids is 2. The molecule has 5 nitrogen and oxygen atoms in total. The van der Waals surface area contributed by atoms with Gasteiger partial charge in [-0.05, 0) is 37.6 Å². The molecule has 4 rings (SSSR count). The maximum atomic E-state index is 13.0. The Bertz CT molecular complexity index is 797. The highest BCUT2D eigenvalue weighted by Crippen LogP contribution is 2.50. The monoisotopic (exact) mass is 360 g/mol. The summed E-state index contributed by atoms with van der Waals surface area (Å²) in [6.45, 7) is 3.83. The van der Waals surface area contributed by atoms with Crippen molar-refractivity contribution in [3.05, 3.63) is 41.5 Å². The van der Waals surface area contributed by atoms with Gasteiger partial charge in [0.05, 0.1) is 23.0 Å². The van der Waals surface area contributed by atoms with E-state index >= 15 is 0 Å². The summed E-state index contributed by atoms with van der Waals surface area (Å²) < 4.78 is 24.7. The molecule has 0 radical (unpaired) electrons. The van der Waals surface area contributed by atoms with Crippen molar-refractivity contribution < 1.29 is 23.3 Å². The lowest BCUT2D eigenvalue weighted by Gasteiger charge is -2.38. The first-order valence-electron chi connectivity index (χ1n) is 8.43. The maximum Gasteiger partial charge on any atom is 0.308 e. The van der Waals surface area contributed by atoms with Gasteiger partial charge >= 0.3 is 5.97 Å². The number of hydrogen-bond acceptors (Lipinski definition) is 5. The fraction of sp³-hybridized carbons (Fsp3) is 0.474. The molecule has 6 heteroatoms. The van der Waals surface area contributed by atoms with E-state index in [1.54, 1.807) is 6.08 Å². The van der Waals surface area contributed by atoms with Gasteiger partial charge in [0.1, 0.15) is 17.8 Å². The van der Waals surface area contributed by atoms with Gasteiger partial charge in [-0.3, -0.25) is 13.8 Å². The minimum absolute atomic E-state index is 0.00596. The van der Waals surface area contributed by atoms with Gasteiger partial charge < -0.3 is 9.47 Å². The van der Waals surface area contributed by atoms with E-state index in [4.69, 9.17) is 9.47 Å². The molecule has 0 saturated carbocycles. The van der Waals surface area contributed by atoms with Crippen molar-refractivity contribution in [2.45, 2.75) is 49.4 Å². The molecule has 0 bridgehead atoms. The minimum Gasteiger partial charge on any atom is -0.459 e. The van der Waals surface area contributed by atoms with Crippen LogP contribution in [0.1, 0.15) is 25.3 Å². The number of ketones is 1.